The summed E-state index contributed by atoms with van der Waals surface area (Å²) in [6, 6.07) is 9.35. The van der Waals surface area contributed by atoms with Crippen molar-refractivity contribution in [1.82, 2.24) is 10.2 Å². The van der Waals surface area contributed by atoms with Crippen LogP contribution >= 0.6 is 0 Å². The fourth-order valence-electron chi connectivity index (χ4n) is 4.52. The van der Waals surface area contributed by atoms with E-state index in [4.69, 9.17) is 4.74 Å². The summed E-state index contributed by atoms with van der Waals surface area (Å²) in [5.74, 6) is 0.205. The van der Waals surface area contributed by atoms with Crippen molar-refractivity contribution >= 4 is 11.8 Å². The maximum atomic E-state index is 13.0. The van der Waals surface area contributed by atoms with Crippen molar-refractivity contribution in [3.8, 4) is 0 Å². The van der Waals surface area contributed by atoms with E-state index in [2.05, 4.69) is 5.32 Å². The lowest BCUT2D eigenvalue weighted by Crippen LogP contribution is -2.52. The van der Waals surface area contributed by atoms with Crippen molar-refractivity contribution in [3.05, 3.63) is 35.9 Å². The Labute approximate surface area is 148 Å². The van der Waals surface area contributed by atoms with E-state index in [1.807, 2.05) is 35.2 Å². The van der Waals surface area contributed by atoms with Crippen LogP contribution < -0.4 is 5.32 Å². The van der Waals surface area contributed by atoms with E-state index < -0.39 is 0 Å². The maximum Gasteiger partial charge on any atom is 0.251 e. The summed E-state index contributed by atoms with van der Waals surface area (Å²) < 4.78 is 5.87. The number of nitrogens with one attached hydrogen (secondary N) is 1. The van der Waals surface area contributed by atoms with Crippen molar-refractivity contribution in [3.63, 3.8) is 0 Å². The summed E-state index contributed by atoms with van der Waals surface area (Å²) in [5, 5.41) is 3.01. The zero-order valence-electron chi connectivity index (χ0n) is 14.5. The number of rotatable bonds is 4. The number of hydrogen-bond donors (Lipinski definition) is 1. The van der Waals surface area contributed by atoms with E-state index in [0.717, 1.165) is 45.1 Å². The van der Waals surface area contributed by atoms with Crippen LogP contribution in [0.5, 0.6) is 0 Å². The molecule has 3 fully saturated rings. The average molecular weight is 342 g/mol. The highest BCUT2D eigenvalue weighted by molar-refractivity contribution is 5.94. The van der Waals surface area contributed by atoms with Crippen LogP contribution in [-0.2, 0) is 9.53 Å². The summed E-state index contributed by atoms with van der Waals surface area (Å²) in [6.07, 6.45) is 6.54. The topological polar surface area (TPSA) is 58.6 Å². The van der Waals surface area contributed by atoms with Gasteiger partial charge in [0.05, 0.1) is 18.1 Å². The number of carbonyl (C=O) groups excluding carboxylic acids is 2. The van der Waals surface area contributed by atoms with Gasteiger partial charge < -0.3 is 15.0 Å². The van der Waals surface area contributed by atoms with Gasteiger partial charge in [0.25, 0.3) is 5.91 Å². The largest absolute Gasteiger partial charge is 0.374 e. The summed E-state index contributed by atoms with van der Waals surface area (Å²) in [6.45, 7) is 1.33. The molecule has 0 spiro atoms. The highest BCUT2D eigenvalue weighted by Gasteiger charge is 2.46. The third-order valence-electron chi connectivity index (χ3n) is 5.87. The van der Waals surface area contributed by atoms with Gasteiger partial charge in [0, 0.05) is 24.7 Å². The van der Waals surface area contributed by atoms with E-state index in [0.29, 0.717) is 18.2 Å². The zero-order chi connectivity index (χ0) is 17.2. The van der Waals surface area contributed by atoms with Crippen LogP contribution in [0, 0.1) is 5.92 Å². The number of benzene rings is 1. The molecule has 4 rings (SSSR count). The molecule has 0 aromatic heterocycles. The molecule has 1 aromatic rings. The van der Waals surface area contributed by atoms with E-state index in [-0.39, 0.29) is 29.9 Å². The van der Waals surface area contributed by atoms with Gasteiger partial charge in [-0.1, -0.05) is 18.2 Å². The minimum absolute atomic E-state index is 0.0316. The van der Waals surface area contributed by atoms with Crippen LogP contribution in [0.25, 0.3) is 0 Å². The number of likely N-dealkylation sites (tertiary alicyclic amines) is 1. The van der Waals surface area contributed by atoms with E-state index in [1.54, 1.807) is 0 Å². The Kier molecular flexibility index (Phi) is 4.75. The number of carbonyl (C=O) groups is 2. The van der Waals surface area contributed by atoms with Crippen molar-refractivity contribution in [2.45, 2.75) is 56.8 Å². The van der Waals surface area contributed by atoms with Gasteiger partial charge in [-0.3, -0.25) is 9.59 Å². The van der Waals surface area contributed by atoms with Gasteiger partial charge in [0.15, 0.2) is 0 Å². The number of ether oxygens (including phenoxy) is 1. The van der Waals surface area contributed by atoms with Gasteiger partial charge in [-0.2, -0.15) is 0 Å². The smallest absolute Gasteiger partial charge is 0.251 e. The lowest BCUT2D eigenvalue weighted by Gasteiger charge is -2.38. The van der Waals surface area contributed by atoms with Gasteiger partial charge in [0.1, 0.15) is 0 Å². The monoisotopic (exact) mass is 342 g/mol. The van der Waals surface area contributed by atoms with Crippen LogP contribution in [0.4, 0.5) is 0 Å². The Bertz CT molecular complexity index is 633. The molecule has 3 aliphatic rings. The SMILES string of the molecule is O=C(NC[C@H]1CCCCN1C(=O)[C@H]1C[C@H]2CC[C@H]1O2)c1ccccc1. The van der Waals surface area contributed by atoms with Crippen LogP contribution in [-0.4, -0.2) is 48.1 Å². The number of fused-ring (bicyclic) bond motifs is 2. The third kappa shape index (κ3) is 3.43. The first-order valence-corrected chi connectivity index (χ1v) is 9.51. The standard InChI is InChI=1S/C20H26N2O3/c23-19(14-6-2-1-3-7-14)21-13-15-8-4-5-11-22(15)20(24)17-12-16-9-10-18(17)25-16/h1-3,6-7,15-18H,4-5,8-13H2,(H,21,23)/t15-,16-,17+,18-/m1/s1. The van der Waals surface area contributed by atoms with Gasteiger partial charge in [-0.25, -0.2) is 0 Å². The van der Waals surface area contributed by atoms with Crippen LogP contribution in [0.15, 0.2) is 30.3 Å². The molecule has 1 N–H and O–H groups in total. The lowest BCUT2D eigenvalue weighted by molar-refractivity contribution is -0.140. The molecule has 2 bridgehead atoms. The number of amides is 2. The summed E-state index contributed by atoms with van der Waals surface area (Å²) >= 11 is 0. The van der Waals surface area contributed by atoms with Crippen molar-refractivity contribution < 1.29 is 14.3 Å². The molecule has 0 saturated carbocycles. The second kappa shape index (κ2) is 7.16. The van der Waals surface area contributed by atoms with Crippen molar-refractivity contribution in [2.75, 3.05) is 13.1 Å². The van der Waals surface area contributed by atoms with Crippen LogP contribution in [0.1, 0.15) is 48.9 Å². The van der Waals surface area contributed by atoms with Crippen LogP contribution in [0.3, 0.4) is 0 Å². The molecule has 3 heterocycles. The van der Waals surface area contributed by atoms with E-state index >= 15 is 0 Å². The summed E-state index contributed by atoms with van der Waals surface area (Å²) in [5.41, 5.74) is 0.665. The number of nitrogens with zero attached hydrogens (tertiary/aromatic N) is 1. The molecular weight excluding hydrogens is 316 g/mol. The number of piperidine rings is 1. The molecule has 3 saturated heterocycles. The van der Waals surface area contributed by atoms with Crippen molar-refractivity contribution in [1.29, 1.82) is 0 Å². The minimum atomic E-state index is -0.0678. The molecule has 25 heavy (non-hydrogen) atoms. The second-order valence-electron chi connectivity index (χ2n) is 7.47. The average Bonchev–Trinajstić information content (AvgIpc) is 3.30. The first-order valence-electron chi connectivity index (χ1n) is 9.51. The quantitative estimate of drug-likeness (QED) is 0.914. The predicted molar refractivity (Wildman–Crippen MR) is 94.1 cm³/mol. The van der Waals surface area contributed by atoms with Gasteiger partial charge in [0.2, 0.25) is 5.91 Å². The summed E-state index contributed by atoms with van der Waals surface area (Å²) in [4.78, 5) is 27.4. The van der Waals surface area contributed by atoms with Crippen LogP contribution in [0.2, 0.25) is 0 Å². The molecule has 0 aliphatic carbocycles. The Morgan fingerprint density at radius 3 is 2.68 bits per heavy atom. The van der Waals surface area contributed by atoms with E-state index in [9.17, 15) is 9.59 Å². The summed E-state index contributed by atoms with van der Waals surface area (Å²) in [7, 11) is 0. The normalized spacial score (nSPS) is 31.1. The second-order valence-corrected chi connectivity index (χ2v) is 7.47. The Hall–Kier alpha value is -1.88. The minimum Gasteiger partial charge on any atom is -0.374 e. The third-order valence-corrected chi connectivity index (χ3v) is 5.87. The molecule has 2 amide bonds. The van der Waals surface area contributed by atoms with Gasteiger partial charge >= 0.3 is 0 Å². The Morgan fingerprint density at radius 1 is 1.12 bits per heavy atom. The van der Waals surface area contributed by atoms with Gasteiger partial charge in [-0.05, 0) is 50.7 Å². The highest BCUT2D eigenvalue weighted by atomic mass is 16.5. The number of hydrogen-bond acceptors (Lipinski definition) is 3. The fourth-order valence-corrected chi connectivity index (χ4v) is 4.52. The maximum absolute atomic E-state index is 13.0. The molecule has 4 atom stereocenters. The molecule has 1 aromatic carbocycles. The first kappa shape index (κ1) is 16.6. The van der Waals surface area contributed by atoms with E-state index in [1.165, 1.54) is 0 Å². The Balaban J connectivity index is 1.37. The predicted octanol–water partition coefficient (Wildman–Crippen LogP) is 2.37. The first-order chi connectivity index (χ1) is 12.2. The highest BCUT2D eigenvalue weighted by Crippen LogP contribution is 2.40. The molecular formula is C20H26N2O3. The van der Waals surface area contributed by atoms with Crippen molar-refractivity contribution in [2.24, 2.45) is 5.92 Å². The molecule has 5 heteroatoms. The lowest BCUT2D eigenvalue weighted by atomic mass is 9.87. The van der Waals surface area contributed by atoms with Gasteiger partial charge in [-0.15, -0.1) is 0 Å². The molecule has 5 nitrogen and oxygen atoms in total. The molecule has 3 aliphatic heterocycles. The molecule has 134 valence electrons. The zero-order valence-corrected chi connectivity index (χ0v) is 14.5. The Morgan fingerprint density at radius 2 is 1.96 bits per heavy atom. The molecule has 0 unspecified atom stereocenters. The molecule has 0 radical (unpaired) electrons. The fraction of sp³-hybridized carbons (Fsp3) is 0.600.